The number of thioether (sulfide) groups is 1. The largest absolute Gasteiger partial charge is 0.312 e. The van der Waals surface area contributed by atoms with E-state index in [4.69, 9.17) is 11.0 Å². The van der Waals surface area contributed by atoms with Crippen LogP contribution in [0.2, 0.25) is 0 Å². The fourth-order valence-corrected chi connectivity index (χ4v) is 1.67. The summed E-state index contributed by atoms with van der Waals surface area (Å²) in [5.74, 6) is 1.06. The fourth-order valence-electron chi connectivity index (χ4n) is 1.01. The average molecular weight is 192 g/mol. The highest BCUT2D eigenvalue weighted by Crippen LogP contribution is 2.19. The molecule has 1 unspecified atom stereocenters. The van der Waals surface area contributed by atoms with Crippen LogP contribution in [0.3, 0.4) is 0 Å². The lowest BCUT2D eigenvalue weighted by Gasteiger charge is -2.03. The molecule has 0 aromatic heterocycles. The van der Waals surface area contributed by atoms with E-state index in [1.54, 1.807) is 11.8 Å². The van der Waals surface area contributed by atoms with E-state index in [0.717, 1.165) is 11.3 Å². The van der Waals surface area contributed by atoms with Crippen LogP contribution in [0.25, 0.3) is 0 Å². The zero-order valence-electron chi connectivity index (χ0n) is 7.53. The number of rotatable bonds is 3. The second kappa shape index (κ2) is 4.90. The molecule has 1 atom stereocenters. The van der Waals surface area contributed by atoms with Crippen molar-refractivity contribution in [1.82, 2.24) is 0 Å². The van der Waals surface area contributed by atoms with Gasteiger partial charge in [-0.3, -0.25) is 0 Å². The van der Waals surface area contributed by atoms with Gasteiger partial charge in [0.1, 0.15) is 6.04 Å². The molecule has 1 aromatic rings. The van der Waals surface area contributed by atoms with E-state index in [1.807, 2.05) is 30.3 Å². The Labute approximate surface area is 82.7 Å². The third-order valence-corrected chi connectivity index (χ3v) is 2.58. The smallest absolute Gasteiger partial charge is 0.118 e. The minimum Gasteiger partial charge on any atom is -0.312 e. The predicted octanol–water partition coefficient (Wildman–Crippen LogP) is 2.32. The van der Waals surface area contributed by atoms with Crippen LogP contribution < -0.4 is 5.73 Å². The summed E-state index contributed by atoms with van der Waals surface area (Å²) >= 11 is 1.78. The minimum absolute atomic E-state index is 0.499. The highest BCUT2D eigenvalue weighted by molar-refractivity contribution is 7.99. The molecule has 0 spiro atoms. The molecule has 1 rings (SSSR count). The predicted molar refractivity (Wildman–Crippen MR) is 55.4 cm³/mol. The van der Waals surface area contributed by atoms with Crippen molar-refractivity contribution in [2.75, 3.05) is 5.75 Å². The summed E-state index contributed by atoms with van der Waals surface area (Å²) in [5.41, 5.74) is 6.43. The minimum atomic E-state index is -0.499. The van der Waals surface area contributed by atoms with Crippen LogP contribution in [-0.2, 0) is 0 Å². The van der Waals surface area contributed by atoms with E-state index in [9.17, 15) is 0 Å². The third kappa shape index (κ3) is 2.76. The SMILES string of the molecule is CCSc1ccc(C(N)C#N)cc1. The van der Waals surface area contributed by atoms with Gasteiger partial charge in [0.25, 0.3) is 0 Å². The van der Waals surface area contributed by atoms with Crippen molar-refractivity contribution in [3.8, 4) is 6.07 Å². The Kier molecular flexibility index (Phi) is 3.81. The summed E-state index contributed by atoms with van der Waals surface area (Å²) in [7, 11) is 0. The van der Waals surface area contributed by atoms with Gasteiger partial charge < -0.3 is 5.73 Å². The zero-order chi connectivity index (χ0) is 9.68. The van der Waals surface area contributed by atoms with Crippen LogP contribution in [0.4, 0.5) is 0 Å². The van der Waals surface area contributed by atoms with Crippen LogP contribution in [0.5, 0.6) is 0 Å². The van der Waals surface area contributed by atoms with Crippen molar-refractivity contribution in [1.29, 1.82) is 5.26 Å². The van der Waals surface area contributed by atoms with Gasteiger partial charge in [0, 0.05) is 4.90 Å². The van der Waals surface area contributed by atoms with Crippen molar-refractivity contribution < 1.29 is 0 Å². The Balaban J connectivity index is 2.76. The molecule has 2 N–H and O–H groups in total. The highest BCUT2D eigenvalue weighted by atomic mass is 32.2. The van der Waals surface area contributed by atoms with Gasteiger partial charge in [-0.25, -0.2) is 0 Å². The van der Waals surface area contributed by atoms with Crippen LogP contribution in [0, 0.1) is 11.3 Å². The van der Waals surface area contributed by atoms with E-state index in [1.165, 1.54) is 4.90 Å². The lowest BCUT2D eigenvalue weighted by molar-refractivity contribution is 0.924. The number of nitrogens with zero attached hydrogens (tertiary/aromatic N) is 1. The van der Waals surface area contributed by atoms with E-state index in [2.05, 4.69) is 6.92 Å². The van der Waals surface area contributed by atoms with Gasteiger partial charge in [-0.1, -0.05) is 19.1 Å². The van der Waals surface area contributed by atoms with Gasteiger partial charge in [0.05, 0.1) is 6.07 Å². The Morgan fingerprint density at radius 1 is 1.46 bits per heavy atom. The van der Waals surface area contributed by atoms with Crippen molar-refractivity contribution in [2.45, 2.75) is 17.9 Å². The molecule has 0 radical (unpaired) electrons. The van der Waals surface area contributed by atoms with Crippen molar-refractivity contribution in [3.05, 3.63) is 29.8 Å². The second-order valence-corrected chi connectivity index (χ2v) is 3.95. The van der Waals surface area contributed by atoms with Crippen LogP contribution in [-0.4, -0.2) is 5.75 Å². The molecule has 0 bridgehead atoms. The lowest BCUT2D eigenvalue weighted by atomic mass is 10.1. The third-order valence-electron chi connectivity index (χ3n) is 1.69. The molecule has 0 saturated carbocycles. The summed E-state index contributed by atoms with van der Waals surface area (Å²) in [4.78, 5) is 1.22. The molecule has 0 aliphatic heterocycles. The molecule has 0 aliphatic carbocycles. The summed E-state index contributed by atoms with van der Waals surface area (Å²) < 4.78 is 0. The summed E-state index contributed by atoms with van der Waals surface area (Å²) in [6, 6.07) is 9.32. The molecule has 68 valence electrons. The number of benzene rings is 1. The molecule has 0 heterocycles. The molecule has 0 saturated heterocycles. The molecule has 0 fully saturated rings. The first-order valence-corrected chi connectivity index (χ1v) is 5.14. The molecular weight excluding hydrogens is 180 g/mol. The Morgan fingerprint density at radius 2 is 2.08 bits per heavy atom. The lowest BCUT2D eigenvalue weighted by Crippen LogP contribution is -2.06. The Bertz CT molecular complexity index is 300. The van der Waals surface area contributed by atoms with Crippen LogP contribution in [0.1, 0.15) is 18.5 Å². The second-order valence-electron chi connectivity index (χ2n) is 2.61. The molecule has 13 heavy (non-hydrogen) atoms. The normalized spacial score (nSPS) is 12.1. The quantitative estimate of drug-likeness (QED) is 0.748. The first-order valence-electron chi connectivity index (χ1n) is 4.16. The number of hydrogen-bond acceptors (Lipinski definition) is 3. The Morgan fingerprint density at radius 3 is 2.54 bits per heavy atom. The van der Waals surface area contributed by atoms with Gasteiger partial charge >= 0.3 is 0 Å². The summed E-state index contributed by atoms with van der Waals surface area (Å²) in [6.45, 7) is 2.11. The van der Waals surface area contributed by atoms with Crippen molar-refractivity contribution in [2.24, 2.45) is 5.73 Å². The fraction of sp³-hybridized carbons (Fsp3) is 0.300. The highest BCUT2D eigenvalue weighted by Gasteiger charge is 2.02. The molecule has 0 amide bonds. The number of hydrogen-bond donors (Lipinski definition) is 1. The molecule has 1 aromatic carbocycles. The van der Waals surface area contributed by atoms with Crippen LogP contribution >= 0.6 is 11.8 Å². The first-order chi connectivity index (χ1) is 6.27. The topological polar surface area (TPSA) is 49.8 Å². The van der Waals surface area contributed by atoms with Crippen molar-refractivity contribution in [3.63, 3.8) is 0 Å². The first kappa shape index (κ1) is 10.1. The zero-order valence-corrected chi connectivity index (χ0v) is 8.34. The number of nitriles is 1. The average Bonchev–Trinajstić information content (AvgIpc) is 2.18. The van der Waals surface area contributed by atoms with Gasteiger partial charge in [-0.2, -0.15) is 5.26 Å². The molecule has 2 nitrogen and oxygen atoms in total. The standard InChI is InChI=1S/C10H12N2S/c1-2-13-9-5-3-8(4-6-9)10(12)7-11/h3-6,10H,2,12H2,1H3. The van der Waals surface area contributed by atoms with Gasteiger partial charge in [-0.05, 0) is 23.4 Å². The maximum Gasteiger partial charge on any atom is 0.118 e. The number of nitrogens with two attached hydrogens (primary N) is 1. The maximum atomic E-state index is 8.58. The monoisotopic (exact) mass is 192 g/mol. The van der Waals surface area contributed by atoms with Gasteiger partial charge in [0.15, 0.2) is 0 Å². The van der Waals surface area contributed by atoms with E-state index >= 15 is 0 Å². The van der Waals surface area contributed by atoms with Gasteiger partial charge in [-0.15, -0.1) is 11.8 Å². The van der Waals surface area contributed by atoms with E-state index < -0.39 is 6.04 Å². The summed E-state index contributed by atoms with van der Waals surface area (Å²) in [6.07, 6.45) is 0. The molecule has 3 heteroatoms. The van der Waals surface area contributed by atoms with Crippen LogP contribution in [0.15, 0.2) is 29.2 Å². The molecule has 0 aliphatic rings. The van der Waals surface area contributed by atoms with E-state index in [0.29, 0.717) is 0 Å². The van der Waals surface area contributed by atoms with Crippen molar-refractivity contribution >= 4 is 11.8 Å². The Hall–Kier alpha value is -0.980. The maximum absolute atomic E-state index is 8.58. The van der Waals surface area contributed by atoms with E-state index in [-0.39, 0.29) is 0 Å². The molecular formula is C10H12N2S. The van der Waals surface area contributed by atoms with Gasteiger partial charge in [0.2, 0.25) is 0 Å². The summed E-state index contributed by atoms with van der Waals surface area (Å²) in [5, 5.41) is 8.58.